The number of carbonyl (C=O) groups is 1. The van der Waals surface area contributed by atoms with E-state index < -0.39 is 0 Å². The smallest absolute Gasteiger partial charge is 0.253 e. The lowest BCUT2D eigenvalue weighted by atomic mass is 9.95. The zero-order valence-corrected chi connectivity index (χ0v) is 17.9. The second-order valence-electron chi connectivity index (χ2n) is 8.70. The van der Waals surface area contributed by atoms with E-state index in [4.69, 9.17) is 0 Å². The molecule has 1 saturated heterocycles. The van der Waals surface area contributed by atoms with Crippen LogP contribution in [0.25, 0.3) is 0 Å². The van der Waals surface area contributed by atoms with Crippen molar-refractivity contribution in [1.29, 1.82) is 0 Å². The van der Waals surface area contributed by atoms with Crippen molar-refractivity contribution in [2.45, 2.75) is 77.8 Å². The summed E-state index contributed by atoms with van der Waals surface area (Å²) in [5.74, 6) is 1.07. The number of hydrogen-bond acceptors (Lipinski definition) is 3. The SMILES string of the molecule is Cc1cc(C(=O)NCc2ccc(N3CCCCC3)nc2)c(C)n1C1CCCCC1. The molecule has 1 N–H and O–H groups in total. The van der Waals surface area contributed by atoms with E-state index in [1.807, 2.05) is 6.20 Å². The first kappa shape index (κ1) is 20.0. The summed E-state index contributed by atoms with van der Waals surface area (Å²) in [5, 5.41) is 3.09. The van der Waals surface area contributed by atoms with Crippen molar-refractivity contribution >= 4 is 11.7 Å². The number of nitrogens with zero attached hydrogens (tertiary/aromatic N) is 3. The molecule has 0 spiro atoms. The Bertz CT molecular complexity index is 827. The van der Waals surface area contributed by atoms with Gasteiger partial charge in [0.05, 0.1) is 5.56 Å². The van der Waals surface area contributed by atoms with Crippen molar-refractivity contribution in [1.82, 2.24) is 14.9 Å². The van der Waals surface area contributed by atoms with E-state index >= 15 is 0 Å². The van der Waals surface area contributed by atoms with Gasteiger partial charge in [-0.3, -0.25) is 4.79 Å². The minimum Gasteiger partial charge on any atom is -0.357 e. The molecule has 1 aliphatic carbocycles. The van der Waals surface area contributed by atoms with Crippen molar-refractivity contribution in [3.8, 4) is 0 Å². The molecule has 5 heteroatoms. The van der Waals surface area contributed by atoms with Gasteiger partial charge in [0.15, 0.2) is 0 Å². The standard InChI is InChI=1S/C24H34N4O/c1-18-15-22(19(2)28(18)21-9-5-3-6-10-21)24(29)26-17-20-11-12-23(25-16-20)27-13-7-4-8-14-27/h11-12,15-16,21H,3-10,13-14,17H2,1-2H3,(H,26,29). The van der Waals surface area contributed by atoms with Gasteiger partial charge in [0.25, 0.3) is 5.91 Å². The molecule has 2 aliphatic rings. The molecule has 4 rings (SSSR count). The summed E-state index contributed by atoms with van der Waals surface area (Å²) in [4.78, 5) is 19.8. The van der Waals surface area contributed by atoms with Crippen LogP contribution in [0, 0.1) is 13.8 Å². The van der Waals surface area contributed by atoms with Gasteiger partial charge in [0.2, 0.25) is 0 Å². The number of carbonyl (C=O) groups excluding carboxylic acids is 1. The third-order valence-corrected chi connectivity index (χ3v) is 6.61. The quantitative estimate of drug-likeness (QED) is 0.783. The maximum Gasteiger partial charge on any atom is 0.253 e. The third-order valence-electron chi connectivity index (χ3n) is 6.61. The molecule has 2 fully saturated rings. The van der Waals surface area contributed by atoms with Gasteiger partial charge in [-0.05, 0) is 63.6 Å². The molecule has 1 amide bonds. The lowest BCUT2D eigenvalue weighted by Gasteiger charge is -2.27. The van der Waals surface area contributed by atoms with E-state index in [9.17, 15) is 4.79 Å². The highest BCUT2D eigenvalue weighted by Gasteiger charge is 2.22. The van der Waals surface area contributed by atoms with Gasteiger partial charge < -0.3 is 14.8 Å². The van der Waals surface area contributed by atoms with Gasteiger partial charge in [-0.25, -0.2) is 4.98 Å². The molecule has 2 aromatic rings. The maximum absolute atomic E-state index is 12.8. The van der Waals surface area contributed by atoms with Gasteiger partial charge in [-0.1, -0.05) is 25.3 Å². The highest BCUT2D eigenvalue weighted by atomic mass is 16.1. The Kier molecular flexibility index (Phi) is 6.22. The van der Waals surface area contributed by atoms with Crippen molar-refractivity contribution in [2.75, 3.05) is 18.0 Å². The number of aromatic nitrogens is 2. The molecule has 1 aliphatic heterocycles. The Balaban J connectivity index is 1.38. The lowest BCUT2D eigenvalue weighted by Crippen LogP contribution is -2.30. The molecular weight excluding hydrogens is 360 g/mol. The normalized spacial score (nSPS) is 18.1. The zero-order chi connectivity index (χ0) is 20.2. The molecular formula is C24H34N4O. The molecule has 2 aromatic heterocycles. The maximum atomic E-state index is 12.8. The largest absolute Gasteiger partial charge is 0.357 e. The molecule has 1 saturated carbocycles. The highest BCUT2D eigenvalue weighted by molar-refractivity contribution is 5.95. The Morgan fingerprint density at radius 2 is 1.79 bits per heavy atom. The van der Waals surface area contributed by atoms with Crippen LogP contribution in [0.4, 0.5) is 5.82 Å². The number of amides is 1. The zero-order valence-electron chi connectivity index (χ0n) is 17.9. The summed E-state index contributed by atoms with van der Waals surface area (Å²) in [7, 11) is 0. The van der Waals surface area contributed by atoms with Gasteiger partial charge in [-0.2, -0.15) is 0 Å². The highest BCUT2D eigenvalue weighted by Crippen LogP contribution is 2.32. The molecule has 5 nitrogen and oxygen atoms in total. The average Bonchev–Trinajstić information content (AvgIpc) is 3.07. The predicted molar refractivity (Wildman–Crippen MR) is 117 cm³/mol. The topological polar surface area (TPSA) is 50.2 Å². The monoisotopic (exact) mass is 394 g/mol. The predicted octanol–water partition coefficient (Wildman–Crippen LogP) is 4.93. The summed E-state index contributed by atoms with van der Waals surface area (Å²) in [6.45, 7) is 6.92. The molecule has 0 atom stereocenters. The summed E-state index contributed by atoms with van der Waals surface area (Å²) in [5.41, 5.74) is 4.16. The van der Waals surface area contributed by atoms with Crippen molar-refractivity contribution in [3.05, 3.63) is 46.9 Å². The van der Waals surface area contributed by atoms with Crippen LogP contribution < -0.4 is 10.2 Å². The van der Waals surface area contributed by atoms with Crippen LogP contribution in [0.5, 0.6) is 0 Å². The summed E-state index contributed by atoms with van der Waals surface area (Å²) < 4.78 is 2.39. The molecule has 0 aromatic carbocycles. The molecule has 0 unspecified atom stereocenters. The van der Waals surface area contributed by atoms with Gasteiger partial charge >= 0.3 is 0 Å². The van der Waals surface area contributed by atoms with Crippen LogP contribution >= 0.6 is 0 Å². The Hall–Kier alpha value is -2.30. The fourth-order valence-corrected chi connectivity index (χ4v) is 5.02. The first-order valence-corrected chi connectivity index (χ1v) is 11.3. The Morgan fingerprint density at radius 3 is 2.48 bits per heavy atom. The molecule has 3 heterocycles. The minimum atomic E-state index is 0.0141. The van der Waals surface area contributed by atoms with Crippen molar-refractivity contribution in [2.24, 2.45) is 0 Å². The van der Waals surface area contributed by atoms with E-state index in [-0.39, 0.29) is 5.91 Å². The Morgan fingerprint density at radius 1 is 1.07 bits per heavy atom. The van der Waals surface area contributed by atoms with Gasteiger partial charge in [-0.15, -0.1) is 0 Å². The van der Waals surface area contributed by atoms with Crippen LogP contribution in [0.3, 0.4) is 0 Å². The van der Waals surface area contributed by atoms with Gasteiger partial charge in [0.1, 0.15) is 5.82 Å². The molecule has 0 bridgehead atoms. The summed E-state index contributed by atoms with van der Waals surface area (Å²) in [6.07, 6.45) is 12.1. The fourth-order valence-electron chi connectivity index (χ4n) is 5.02. The first-order chi connectivity index (χ1) is 14.1. The van der Waals surface area contributed by atoms with Crippen LogP contribution in [-0.2, 0) is 6.54 Å². The average molecular weight is 395 g/mol. The number of nitrogens with one attached hydrogen (secondary N) is 1. The molecule has 29 heavy (non-hydrogen) atoms. The Labute approximate surface area is 174 Å². The number of pyridine rings is 1. The molecule has 0 radical (unpaired) electrons. The van der Waals surface area contributed by atoms with E-state index in [1.54, 1.807) is 0 Å². The van der Waals surface area contributed by atoms with E-state index in [2.05, 4.69) is 51.8 Å². The van der Waals surface area contributed by atoms with Crippen LogP contribution in [0.1, 0.15) is 84.7 Å². The van der Waals surface area contributed by atoms with Crippen LogP contribution in [-0.4, -0.2) is 28.5 Å². The van der Waals surface area contributed by atoms with E-state index in [0.29, 0.717) is 12.6 Å². The van der Waals surface area contributed by atoms with Crippen molar-refractivity contribution in [3.63, 3.8) is 0 Å². The van der Waals surface area contributed by atoms with E-state index in [0.717, 1.165) is 35.7 Å². The number of aryl methyl sites for hydroxylation is 1. The number of piperidine rings is 1. The number of rotatable bonds is 5. The summed E-state index contributed by atoms with van der Waals surface area (Å²) >= 11 is 0. The first-order valence-electron chi connectivity index (χ1n) is 11.3. The minimum absolute atomic E-state index is 0.0141. The van der Waals surface area contributed by atoms with Crippen LogP contribution in [0.15, 0.2) is 24.4 Å². The van der Waals surface area contributed by atoms with Crippen LogP contribution in [0.2, 0.25) is 0 Å². The second-order valence-corrected chi connectivity index (χ2v) is 8.70. The van der Waals surface area contributed by atoms with E-state index in [1.165, 1.54) is 57.1 Å². The number of anilines is 1. The summed E-state index contributed by atoms with van der Waals surface area (Å²) in [6, 6.07) is 6.78. The number of hydrogen-bond donors (Lipinski definition) is 1. The third kappa shape index (κ3) is 4.49. The van der Waals surface area contributed by atoms with Gasteiger partial charge in [0, 0.05) is 43.3 Å². The second kappa shape index (κ2) is 9.02. The van der Waals surface area contributed by atoms with Crippen molar-refractivity contribution < 1.29 is 4.79 Å². The molecule has 156 valence electrons. The lowest BCUT2D eigenvalue weighted by molar-refractivity contribution is 0.0950. The fraction of sp³-hybridized carbons (Fsp3) is 0.583.